The van der Waals surface area contributed by atoms with Crippen LogP contribution in [0.3, 0.4) is 0 Å². The van der Waals surface area contributed by atoms with E-state index in [-0.39, 0.29) is 0 Å². The van der Waals surface area contributed by atoms with Crippen molar-refractivity contribution in [3.63, 3.8) is 0 Å². The second-order valence-electron chi connectivity index (χ2n) is 6.96. The molecule has 2 aromatic carbocycles. The van der Waals surface area contributed by atoms with Gasteiger partial charge in [-0.05, 0) is 12.1 Å². The van der Waals surface area contributed by atoms with Gasteiger partial charge >= 0.3 is 0 Å². The van der Waals surface area contributed by atoms with Crippen LogP contribution in [-0.4, -0.2) is 35.0 Å². The van der Waals surface area contributed by atoms with Gasteiger partial charge in [-0.15, -0.1) is 10.2 Å². The Morgan fingerprint density at radius 1 is 0.533 bits per heavy atom. The van der Waals surface area contributed by atoms with E-state index in [1.807, 2.05) is 91.3 Å². The number of benzene rings is 2. The quantitative estimate of drug-likeness (QED) is 0.440. The first-order valence-corrected chi connectivity index (χ1v) is 9.69. The fourth-order valence-corrected chi connectivity index (χ4v) is 3.27. The van der Waals surface area contributed by atoms with Gasteiger partial charge in [0.2, 0.25) is 0 Å². The third-order valence-electron chi connectivity index (χ3n) is 4.73. The average molecular weight is 393 g/mol. The molecule has 0 amide bonds. The zero-order chi connectivity index (χ0) is 20.2. The predicted molar refractivity (Wildman–Crippen MR) is 113 cm³/mol. The Morgan fingerprint density at radius 3 is 1.47 bits per heavy atom. The van der Waals surface area contributed by atoms with Crippen molar-refractivity contribution in [1.29, 1.82) is 0 Å². The van der Waals surface area contributed by atoms with Gasteiger partial charge in [0.15, 0.2) is 0 Å². The van der Waals surface area contributed by atoms with E-state index in [0.29, 0.717) is 13.1 Å². The van der Waals surface area contributed by atoms with Crippen LogP contribution in [0.4, 0.5) is 0 Å². The topological polar surface area (TPSA) is 74.3 Å². The largest absolute Gasteiger partial charge is 0.254 e. The number of pyridine rings is 1. The molecule has 0 aliphatic carbocycles. The number of aromatic nitrogens is 7. The van der Waals surface area contributed by atoms with Crippen LogP contribution in [0, 0.1) is 0 Å². The molecule has 0 bridgehead atoms. The molecule has 0 radical (unpaired) electrons. The molecule has 0 aliphatic rings. The molecule has 0 atom stereocenters. The molecular weight excluding hydrogens is 374 g/mol. The average Bonchev–Trinajstić information content (AvgIpc) is 3.45. The van der Waals surface area contributed by atoms with Crippen LogP contribution in [0.2, 0.25) is 0 Å². The molecule has 0 fully saturated rings. The molecule has 0 spiro atoms. The normalized spacial score (nSPS) is 10.9. The van der Waals surface area contributed by atoms with Crippen molar-refractivity contribution in [3.05, 3.63) is 103 Å². The zero-order valence-electron chi connectivity index (χ0n) is 16.2. The molecule has 0 unspecified atom stereocenters. The Bertz CT molecular complexity index is 1150. The molecule has 7 heteroatoms. The van der Waals surface area contributed by atoms with Crippen molar-refractivity contribution in [2.45, 2.75) is 13.1 Å². The van der Waals surface area contributed by atoms with Crippen molar-refractivity contribution in [2.24, 2.45) is 0 Å². The molecule has 5 rings (SSSR count). The molecule has 0 saturated heterocycles. The summed E-state index contributed by atoms with van der Waals surface area (Å²) in [7, 11) is 0. The monoisotopic (exact) mass is 393 g/mol. The van der Waals surface area contributed by atoms with Gasteiger partial charge in [-0.25, -0.2) is 9.36 Å². The molecule has 0 aliphatic heterocycles. The molecule has 3 aromatic heterocycles. The van der Waals surface area contributed by atoms with E-state index in [0.717, 1.165) is 33.9 Å². The standard InChI is InChI=1S/C23H19N7/c1-3-8-18(9-4-1)22-16-29(27-25-22)14-20-12-7-13-21(24-20)15-30-17-23(26-28-30)19-10-5-2-6-11-19/h1-13,16-17H,14-15H2. The predicted octanol–water partition coefficient (Wildman–Crippen LogP) is 3.70. The van der Waals surface area contributed by atoms with E-state index in [9.17, 15) is 0 Å². The van der Waals surface area contributed by atoms with Crippen molar-refractivity contribution in [2.75, 3.05) is 0 Å². The number of hydrogen-bond acceptors (Lipinski definition) is 5. The first kappa shape index (κ1) is 17.9. The molecule has 7 nitrogen and oxygen atoms in total. The van der Waals surface area contributed by atoms with Crippen LogP contribution < -0.4 is 0 Å². The highest BCUT2D eigenvalue weighted by Crippen LogP contribution is 2.16. The number of nitrogens with zero attached hydrogens (tertiary/aromatic N) is 7. The Labute approximate surface area is 173 Å². The van der Waals surface area contributed by atoms with Gasteiger partial charge in [0, 0.05) is 11.1 Å². The summed E-state index contributed by atoms with van der Waals surface area (Å²) < 4.78 is 3.61. The molecular formula is C23H19N7. The number of rotatable bonds is 6. The molecule has 5 aromatic rings. The van der Waals surface area contributed by atoms with Crippen LogP contribution >= 0.6 is 0 Å². The van der Waals surface area contributed by atoms with E-state index in [1.165, 1.54) is 0 Å². The number of hydrogen-bond donors (Lipinski definition) is 0. The van der Waals surface area contributed by atoms with Crippen LogP contribution in [-0.2, 0) is 13.1 Å². The maximum absolute atomic E-state index is 4.75. The van der Waals surface area contributed by atoms with E-state index in [4.69, 9.17) is 4.98 Å². The molecule has 3 heterocycles. The van der Waals surface area contributed by atoms with Crippen molar-refractivity contribution >= 4 is 0 Å². The minimum atomic E-state index is 0.556. The van der Waals surface area contributed by atoms with E-state index < -0.39 is 0 Å². The van der Waals surface area contributed by atoms with Gasteiger partial charge < -0.3 is 0 Å². The lowest BCUT2D eigenvalue weighted by Gasteiger charge is -2.04. The van der Waals surface area contributed by atoms with Crippen molar-refractivity contribution in [3.8, 4) is 22.5 Å². The fraction of sp³-hybridized carbons (Fsp3) is 0.0870. The second-order valence-corrected chi connectivity index (χ2v) is 6.96. The maximum atomic E-state index is 4.75. The van der Waals surface area contributed by atoms with Crippen LogP contribution in [0.25, 0.3) is 22.5 Å². The highest BCUT2D eigenvalue weighted by molar-refractivity contribution is 5.57. The van der Waals surface area contributed by atoms with Crippen LogP contribution in [0.15, 0.2) is 91.3 Å². The van der Waals surface area contributed by atoms with Gasteiger partial charge in [-0.3, -0.25) is 4.98 Å². The van der Waals surface area contributed by atoms with Gasteiger partial charge in [-0.2, -0.15) is 0 Å². The molecule has 0 saturated carbocycles. The summed E-state index contributed by atoms with van der Waals surface area (Å²) in [5.74, 6) is 0. The Balaban J connectivity index is 1.29. The summed E-state index contributed by atoms with van der Waals surface area (Å²) in [6, 6.07) is 26.0. The highest BCUT2D eigenvalue weighted by Gasteiger charge is 2.07. The molecule has 0 N–H and O–H groups in total. The lowest BCUT2D eigenvalue weighted by atomic mass is 10.2. The summed E-state index contributed by atoms with van der Waals surface area (Å²) >= 11 is 0. The van der Waals surface area contributed by atoms with Crippen molar-refractivity contribution in [1.82, 2.24) is 35.0 Å². The van der Waals surface area contributed by atoms with Gasteiger partial charge in [0.1, 0.15) is 11.4 Å². The van der Waals surface area contributed by atoms with Gasteiger partial charge in [0.25, 0.3) is 0 Å². The molecule has 30 heavy (non-hydrogen) atoms. The minimum absolute atomic E-state index is 0.556. The summed E-state index contributed by atoms with van der Waals surface area (Å²) in [6.07, 6.45) is 3.88. The smallest absolute Gasteiger partial charge is 0.113 e. The Morgan fingerprint density at radius 2 is 1.00 bits per heavy atom. The Hall–Kier alpha value is -4.13. The summed E-state index contributed by atoms with van der Waals surface area (Å²) in [5.41, 5.74) is 5.63. The summed E-state index contributed by atoms with van der Waals surface area (Å²) in [5, 5.41) is 17.0. The SMILES string of the molecule is c1ccc(-c2cn(Cc3cccc(Cn4cc(-c5ccccc5)nn4)n3)nn2)cc1. The lowest BCUT2D eigenvalue weighted by molar-refractivity contribution is 0.618. The Kier molecular flexibility index (Phi) is 4.83. The van der Waals surface area contributed by atoms with Crippen LogP contribution in [0.5, 0.6) is 0 Å². The van der Waals surface area contributed by atoms with Crippen LogP contribution in [0.1, 0.15) is 11.4 Å². The van der Waals surface area contributed by atoms with E-state index in [1.54, 1.807) is 9.36 Å². The third-order valence-corrected chi connectivity index (χ3v) is 4.73. The van der Waals surface area contributed by atoms with Gasteiger partial charge in [-0.1, -0.05) is 77.2 Å². The van der Waals surface area contributed by atoms with Gasteiger partial charge in [0.05, 0.1) is 36.9 Å². The fourth-order valence-electron chi connectivity index (χ4n) is 3.27. The zero-order valence-corrected chi connectivity index (χ0v) is 16.2. The first-order valence-electron chi connectivity index (χ1n) is 9.69. The highest BCUT2D eigenvalue weighted by atomic mass is 15.4. The minimum Gasteiger partial charge on any atom is -0.254 e. The van der Waals surface area contributed by atoms with Crippen molar-refractivity contribution < 1.29 is 0 Å². The lowest BCUT2D eigenvalue weighted by Crippen LogP contribution is -2.07. The maximum Gasteiger partial charge on any atom is 0.113 e. The first-order chi connectivity index (χ1) is 14.8. The van der Waals surface area contributed by atoms with E-state index >= 15 is 0 Å². The summed E-state index contributed by atoms with van der Waals surface area (Å²) in [4.78, 5) is 4.75. The second kappa shape index (κ2) is 8.08. The summed E-state index contributed by atoms with van der Waals surface area (Å²) in [6.45, 7) is 1.11. The molecule has 146 valence electrons. The van der Waals surface area contributed by atoms with E-state index in [2.05, 4.69) is 20.6 Å². The third kappa shape index (κ3) is 4.00.